The van der Waals surface area contributed by atoms with Crippen LogP contribution in [0.15, 0.2) is 65.5 Å². The van der Waals surface area contributed by atoms with Crippen molar-refractivity contribution in [3.05, 3.63) is 76.6 Å². The number of benzene rings is 2. The number of carbonyl (C=O) groups is 1. The fourth-order valence-electron chi connectivity index (χ4n) is 3.27. The van der Waals surface area contributed by atoms with Crippen LogP contribution in [0, 0.1) is 0 Å². The van der Waals surface area contributed by atoms with Crippen molar-refractivity contribution >= 4 is 22.5 Å². The molecule has 5 heteroatoms. The van der Waals surface area contributed by atoms with E-state index in [1.54, 1.807) is 6.07 Å². The number of fused-ring (bicyclic) bond motifs is 1. The van der Waals surface area contributed by atoms with Gasteiger partial charge in [-0.1, -0.05) is 18.2 Å². The van der Waals surface area contributed by atoms with Crippen LogP contribution in [0.4, 0.5) is 5.69 Å². The molecule has 3 aromatic rings. The van der Waals surface area contributed by atoms with E-state index in [2.05, 4.69) is 16.0 Å². The molecule has 126 valence electrons. The summed E-state index contributed by atoms with van der Waals surface area (Å²) in [5, 5.41) is 1.01. The van der Waals surface area contributed by atoms with Crippen molar-refractivity contribution in [2.45, 2.75) is 0 Å². The smallest absolute Gasteiger partial charge is 0.253 e. The highest BCUT2D eigenvalue weighted by Gasteiger charge is 2.22. The topological polar surface area (TPSA) is 56.4 Å². The van der Waals surface area contributed by atoms with Gasteiger partial charge in [-0.3, -0.25) is 9.59 Å². The van der Waals surface area contributed by atoms with Crippen molar-refractivity contribution in [2.75, 3.05) is 31.1 Å². The number of pyridine rings is 1. The largest absolute Gasteiger partial charge is 0.368 e. The van der Waals surface area contributed by atoms with Crippen LogP contribution in [0.2, 0.25) is 0 Å². The molecule has 0 bridgehead atoms. The highest BCUT2D eigenvalue weighted by Crippen LogP contribution is 2.22. The molecular weight excluding hydrogens is 314 g/mol. The summed E-state index contributed by atoms with van der Waals surface area (Å²) >= 11 is 0. The van der Waals surface area contributed by atoms with Crippen LogP contribution in [0.25, 0.3) is 10.9 Å². The van der Waals surface area contributed by atoms with Crippen molar-refractivity contribution < 1.29 is 4.79 Å². The van der Waals surface area contributed by atoms with Crippen LogP contribution in [-0.2, 0) is 0 Å². The molecule has 0 atom stereocenters. The van der Waals surface area contributed by atoms with Gasteiger partial charge < -0.3 is 14.8 Å². The highest BCUT2D eigenvalue weighted by molar-refractivity contribution is 5.94. The second kappa shape index (κ2) is 6.43. The standard InChI is InChI=1S/C20H19N3O2/c24-19-9-6-16-14-17(7-8-18(16)21-19)22-10-12-23(13-11-22)20(25)15-4-2-1-3-5-15/h1-9,14H,10-13H2,(H,21,24). The molecule has 1 N–H and O–H groups in total. The molecule has 0 saturated carbocycles. The maximum absolute atomic E-state index is 12.5. The third-order valence-corrected chi connectivity index (χ3v) is 4.66. The molecule has 1 saturated heterocycles. The Morgan fingerprint density at radius 2 is 1.64 bits per heavy atom. The molecule has 1 aliphatic heterocycles. The lowest BCUT2D eigenvalue weighted by Crippen LogP contribution is -2.48. The van der Waals surface area contributed by atoms with Gasteiger partial charge in [0, 0.05) is 54.4 Å². The first-order valence-corrected chi connectivity index (χ1v) is 8.43. The van der Waals surface area contributed by atoms with Crippen LogP contribution in [0.1, 0.15) is 10.4 Å². The lowest BCUT2D eigenvalue weighted by Gasteiger charge is -2.36. The predicted molar refractivity (Wildman–Crippen MR) is 99.1 cm³/mol. The van der Waals surface area contributed by atoms with Gasteiger partial charge in [-0.2, -0.15) is 0 Å². The van der Waals surface area contributed by atoms with Gasteiger partial charge in [0.05, 0.1) is 0 Å². The highest BCUT2D eigenvalue weighted by atomic mass is 16.2. The SMILES string of the molecule is O=C(c1ccccc1)N1CCN(c2ccc3[nH]c(=O)ccc3c2)CC1. The first kappa shape index (κ1) is 15.4. The van der Waals surface area contributed by atoms with E-state index in [-0.39, 0.29) is 11.5 Å². The van der Waals surface area contributed by atoms with E-state index in [1.807, 2.05) is 53.4 Å². The number of rotatable bonds is 2. The zero-order valence-corrected chi connectivity index (χ0v) is 13.8. The van der Waals surface area contributed by atoms with E-state index in [1.165, 1.54) is 0 Å². The number of hydrogen-bond donors (Lipinski definition) is 1. The van der Waals surface area contributed by atoms with Gasteiger partial charge in [0.1, 0.15) is 0 Å². The van der Waals surface area contributed by atoms with Gasteiger partial charge in [0.2, 0.25) is 5.56 Å². The molecule has 1 aromatic heterocycles. The lowest BCUT2D eigenvalue weighted by molar-refractivity contribution is 0.0747. The zero-order valence-electron chi connectivity index (χ0n) is 13.8. The molecule has 25 heavy (non-hydrogen) atoms. The summed E-state index contributed by atoms with van der Waals surface area (Å²) in [6.45, 7) is 3.01. The number of nitrogens with zero attached hydrogens (tertiary/aromatic N) is 2. The van der Waals surface area contributed by atoms with Crippen LogP contribution in [0.5, 0.6) is 0 Å². The summed E-state index contributed by atoms with van der Waals surface area (Å²) in [5.74, 6) is 0.0938. The normalized spacial score (nSPS) is 14.7. The van der Waals surface area contributed by atoms with Gasteiger partial charge in [-0.25, -0.2) is 0 Å². The average Bonchev–Trinajstić information content (AvgIpc) is 2.68. The van der Waals surface area contributed by atoms with Crippen molar-refractivity contribution in [3.8, 4) is 0 Å². The second-order valence-corrected chi connectivity index (χ2v) is 6.24. The Morgan fingerprint density at radius 3 is 2.40 bits per heavy atom. The van der Waals surface area contributed by atoms with Crippen molar-refractivity contribution in [1.29, 1.82) is 0 Å². The molecule has 2 aromatic carbocycles. The van der Waals surface area contributed by atoms with E-state index in [4.69, 9.17) is 0 Å². The number of carbonyl (C=O) groups excluding carboxylic acids is 1. The van der Waals surface area contributed by atoms with Gasteiger partial charge in [0.25, 0.3) is 5.91 Å². The summed E-state index contributed by atoms with van der Waals surface area (Å²) in [7, 11) is 0. The molecule has 5 nitrogen and oxygen atoms in total. The Labute approximate surface area is 145 Å². The van der Waals surface area contributed by atoms with E-state index < -0.39 is 0 Å². The third-order valence-electron chi connectivity index (χ3n) is 4.66. The molecule has 0 radical (unpaired) electrons. The first-order chi connectivity index (χ1) is 12.2. The molecule has 0 aliphatic carbocycles. The molecule has 1 amide bonds. The fraction of sp³-hybridized carbons (Fsp3) is 0.200. The van der Waals surface area contributed by atoms with Crippen LogP contribution in [-0.4, -0.2) is 42.0 Å². The summed E-state index contributed by atoms with van der Waals surface area (Å²) in [6, 6.07) is 18.8. The Kier molecular flexibility index (Phi) is 3.98. The number of H-pyrrole nitrogens is 1. The number of hydrogen-bond acceptors (Lipinski definition) is 3. The number of piperazine rings is 1. The lowest BCUT2D eigenvalue weighted by atomic mass is 10.1. The Morgan fingerprint density at radius 1 is 0.880 bits per heavy atom. The van der Waals surface area contributed by atoms with E-state index >= 15 is 0 Å². The number of aromatic nitrogens is 1. The van der Waals surface area contributed by atoms with Crippen LogP contribution >= 0.6 is 0 Å². The van der Waals surface area contributed by atoms with Crippen molar-refractivity contribution in [1.82, 2.24) is 9.88 Å². The molecule has 2 heterocycles. The van der Waals surface area contributed by atoms with Gasteiger partial charge in [-0.15, -0.1) is 0 Å². The maximum Gasteiger partial charge on any atom is 0.253 e. The van der Waals surface area contributed by atoms with Crippen molar-refractivity contribution in [3.63, 3.8) is 0 Å². The Balaban J connectivity index is 1.47. The van der Waals surface area contributed by atoms with E-state index in [0.29, 0.717) is 13.1 Å². The maximum atomic E-state index is 12.5. The van der Waals surface area contributed by atoms with Crippen LogP contribution < -0.4 is 10.5 Å². The molecule has 0 unspecified atom stereocenters. The summed E-state index contributed by atoms with van der Waals surface area (Å²) in [5.41, 5.74) is 2.61. The first-order valence-electron chi connectivity index (χ1n) is 8.43. The number of amides is 1. The average molecular weight is 333 g/mol. The fourth-order valence-corrected chi connectivity index (χ4v) is 3.27. The summed E-state index contributed by atoms with van der Waals surface area (Å²) < 4.78 is 0. The van der Waals surface area contributed by atoms with E-state index in [9.17, 15) is 9.59 Å². The minimum absolute atomic E-state index is 0.0895. The number of anilines is 1. The monoisotopic (exact) mass is 333 g/mol. The number of aromatic amines is 1. The molecule has 1 fully saturated rings. The van der Waals surface area contributed by atoms with Gasteiger partial charge in [0.15, 0.2) is 0 Å². The molecule has 4 rings (SSSR count). The summed E-state index contributed by atoms with van der Waals surface area (Å²) in [6.07, 6.45) is 0. The predicted octanol–water partition coefficient (Wildman–Crippen LogP) is 2.49. The van der Waals surface area contributed by atoms with Gasteiger partial charge >= 0.3 is 0 Å². The number of nitrogens with one attached hydrogen (secondary N) is 1. The van der Waals surface area contributed by atoms with Crippen LogP contribution in [0.3, 0.4) is 0 Å². The van der Waals surface area contributed by atoms with E-state index in [0.717, 1.165) is 35.2 Å². The molecular formula is C20H19N3O2. The molecule has 0 spiro atoms. The second-order valence-electron chi connectivity index (χ2n) is 6.24. The minimum atomic E-state index is -0.0895. The van der Waals surface area contributed by atoms with Crippen molar-refractivity contribution in [2.24, 2.45) is 0 Å². The minimum Gasteiger partial charge on any atom is -0.368 e. The quantitative estimate of drug-likeness (QED) is 0.784. The third kappa shape index (κ3) is 3.13. The zero-order chi connectivity index (χ0) is 17.2. The Hall–Kier alpha value is -3.08. The van der Waals surface area contributed by atoms with Gasteiger partial charge in [-0.05, 0) is 36.4 Å². The molecule has 1 aliphatic rings. The summed E-state index contributed by atoms with van der Waals surface area (Å²) in [4.78, 5) is 30.9. The Bertz CT molecular complexity index is 957.